The second-order valence-corrected chi connectivity index (χ2v) is 5.59. The molecule has 1 heterocycles. The Balaban J connectivity index is 2.31. The minimum absolute atomic E-state index is 0.104. The van der Waals surface area contributed by atoms with Gasteiger partial charge in [0.15, 0.2) is 0 Å². The van der Waals surface area contributed by atoms with Crippen molar-refractivity contribution in [3.63, 3.8) is 0 Å². The summed E-state index contributed by atoms with van der Waals surface area (Å²) in [6.45, 7) is 0. The largest absolute Gasteiger partial charge is 0.508 e. The number of methoxy groups -OCH3 is 1. The summed E-state index contributed by atoms with van der Waals surface area (Å²) in [5, 5.41) is 20.2. The number of fused-ring (bicyclic) bond motifs is 1. The van der Waals surface area contributed by atoms with E-state index in [1.54, 1.807) is 37.6 Å². The van der Waals surface area contributed by atoms with Crippen LogP contribution >= 0.6 is 15.9 Å². The van der Waals surface area contributed by atoms with Crippen LogP contribution in [0.3, 0.4) is 0 Å². The topological polar surface area (TPSA) is 71.7 Å². The zero-order valence-corrected chi connectivity index (χ0v) is 13.2. The van der Waals surface area contributed by atoms with Gasteiger partial charge in [0.1, 0.15) is 17.2 Å². The van der Waals surface area contributed by atoms with Crippen LogP contribution in [0.15, 0.2) is 51.9 Å². The zero-order chi connectivity index (χ0) is 15.9. The number of pyridine rings is 1. The van der Waals surface area contributed by atoms with Gasteiger partial charge in [0.05, 0.1) is 12.5 Å². The van der Waals surface area contributed by atoms with Crippen molar-refractivity contribution in [2.45, 2.75) is 0 Å². The van der Waals surface area contributed by atoms with Crippen LogP contribution in [0.25, 0.3) is 16.5 Å². The van der Waals surface area contributed by atoms with Gasteiger partial charge < -0.3 is 14.9 Å². The van der Waals surface area contributed by atoms with Gasteiger partial charge in [-0.25, -0.2) is 0 Å². The Labute approximate surface area is 134 Å². The number of ether oxygens (including phenoxy) is 1. The quantitative estimate of drug-likeness (QED) is 0.735. The summed E-state index contributed by atoms with van der Waals surface area (Å²) in [5.74, 6) is 0.320. The molecule has 0 fully saturated rings. The van der Waals surface area contributed by atoms with Crippen LogP contribution in [-0.2, 0) is 0 Å². The minimum atomic E-state index is -0.374. The lowest BCUT2D eigenvalue weighted by atomic mass is 10.1. The second kappa shape index (κ2) is 5.38. The van der Waals surface area contributed by atoms with Crippen molar-refractivity contribution in [1.82, 2.24) is 4.57 Å². The van der Waals surface area contributed by atoms with Crippen molar-refractivity contribution in [3.05, 3.63) is 57.4 Å². The van der Waals surface area contributed by atoms with E-state index in [2.05, 4.69) is 15.9 Å². The van der Waals surface area contributed by atoms with E-state index in [9.17, 15) is 15.0 Å². The average molecular weight is 362 g/mol. The molecule has 1 aromatic heterocycles. The number of aromatic nitrogens is 1. The third-order valence-electron chi connectivity index (χ3n) is 3.39. The molecule has 0 aliphatic rings. The molecule has 0 aliphatic carbocycles. The first-order valence-electron chi connectivity index (χ1n) is 6.42. The molecule has 0 amide bonds. The van der Waals surface area contributed by atoms with Gasteiger partial charge >= 0.3 is 0 Å². The summed E-state index contributed by atoms with van der Waals surface area (Å²) < 4.78 is 7.10. The molecule has 3 aromatic rings. The molecule has 0 aliphatic heterocycles. The summed E-state index contributed by atoms with van der Waals surface area (Å²) in [5.41, 5.74) is 0.266. The van der Waals surface area contributed by atoms with Crippen molar-refractivity contribution >= 4 is 26.7 Å². The Bertz CT molecular complexity index is 916. The van der Waals surface area contributed by atoms with E-state index >= 15 is 0 Å². The lowest BCUT2D eigenvalue weighted by Gasteiger charge is -2.11. The van der Waals surface area contributed by atoms with Gasteiger partial charge in [-0.1, -0.05) is 0 Å². The number of phenols is 2. The van der Waals surface area contributed by atoms with Crippen LogP contribution in [0.4, 0.5) is 0 Å². The molecule has 112 valence electrons. The highest BCUT2D eigenvalue weighted by molar-refractivity contribution is 9.10. The first-order chi connectivity index (χ1) is 10.5. The Morgan fingerprint density at radius 2 is 1.82 bits per heavy atom. The first kappa shape index (κ1) is 14.5. The van der Waals surface area contributed by atoms with Crippen molar-refractivity contribution in [3.8, 4) is 22.9 Å². The molecular weight excluding hydrogens is 350 g/mol. The number of hydrogen-bond donors (Lipinski definition) is 2. The fraction of sp³-hybridized carbons (Fsp3) is 0.0625. The van der Waals surface area contributed by atoms with Crippen molar-refractivity contribution in [2.24, 2.45) is 0 Å². The number of benzene rings is 2. The third kappa shape index (κ3) is 2.31. The van der Waals surface area contributed by atoms with Gasteiger partial charge in [-0.05, 0) is 46.3 Å². The standard InChI is InChI=1S/C16H12BrNO4/c1-22-11-4-2-9(3-5-11)18-8-13(17)12-6-10(19)7-14(20)15(12)16(18)21/h2-8,19-20H,1H3. The average Bonchev–Trinajstić information content (AvgIpc) is 2.50. The van der Waals surface area contributed by atoms with Crippen LogP contribution in [-0.4, -0.2) is 21.9 Å². The third-order valence-corrected chi connectivity index (χ3v) is 4.02. The minimum Gasteiger partial charge on any atom is -0.508 e. The normalized spacial score (nSPS) is 10.8. The molecule has 5 nitrogen and oxygen atoms in total. The molecule has 0 atom stereocenters. The molecule has 2 aromatic carbocycles. The lowest BCUT2D eigenvalue weighted by molar-refractivity contribution is 0.414. The second-order valence-electron chi connectivity index (χ2n) is 4.74. The number of nitrogens with zero attached hydrogens (tertiary/aromatic N) is 1. The van der Waals surface area contributed by atoms with E-state index in [0.717, 1.165) is 6.07 Å². The summed E-state index contributed by atoms with van der Waals surface area (Å²) >= 11 is 3.37. The number of phenolic OH excluding ortho intramolecular Hbond substituents is 2. The molecule has 22 heavy (non-hydrogen) atoms. The Morgan fingerprint density at radius 1 is 1.14 bits per heavy atom. The van der Waals surface area contributed by atoms with Crippen molar-refractivity contribution in [2.75, 3.05) is 7.11 Å². The Kier molecular flexibility index (Phi) is 3.54. The number of halogens is 1. The van der Waals surface area contributed by atoms with Crippen LogP contribution in [0.5, 0.6) is 17.2 Å². The molecule has 2 N–H and O–H groups in total. The van der Waals surface area contributed by atoms with Crippen molar-refractivity contribution < 1.29 is 14.9 Å². The summed E-state index contributed by atoms with van der Waals surface area (Å²) in [6.07, 6.45) is 1.60. The maximum absolute atomic E-state index is 12.6. The molecule has 0 saturated carbocycles. The van der Waals surface area contributed by atoms with Crippen LogP contribution in [0.2, 0.25) is 0 Å². The molecule has 0 radical (unpaired) electrons. The van der Waals surface area contributed by atoms with Gasteiger partial charge in [-0.3, -0.25) is 9.36 Å². The first-order valence-corrected chi connectivity index (χ1v) is 7.22. The number of hydrogen-bond acceptors (Lipinski definition) is 4. The molecule has 6 heteroatoms. The van der Waals surface area contributed by atoms with Gasteiger partial charge in [0.2, 0.25) is 0 Å². The maximum Gasteiger partial charge on any atom is 0.266 e. The van der Waals surface area contributed by atoms with E-state index in [0.29, 0.717) is 21.3 Å². The number of aromatic hydroxyl groups is 2. The number of rotatable bonds is 2. The lowest BCUT2D eigenvalue weighted by Crippen LogP contribution is -2.18. The Morgan fingerprint density at radius 3 is 2.45 bits per heavy atom. The highest BCUT2D eigenvalue weighted by Gasteiger charge is 2.13. The highest BCUT2D eigenvalue weighted by atomic mass is 79.9. The zero-order valence-electron chi connectivity index (χ0n) is 11.6. The van der Waals surface area contributed by atoms with Crippen LogP contribution in [0.1, 0.15) is 0 Å². The van der Waals surface area contributed by atoms with E-state index < -0.39 is 0 Å². The maximum atomic E-state index is 12.6. The van der Waals surface area contributed by atoms with Gasteiger partial charge in [0, 0.05) is 27.8 Å². The fourth-order valence-corrected chi connectivity index (χ4v) is 2.84. The SMILES string of the molecule is COc1ccc(-n2cc(Br)c3cc(O)cc(O)c3c2=O)cc1. The van der Waals surface area contributed by atoms with Gasteiger partial charge in [0.25, 0.3) is 5.56 Å². The predicted octanol–water partition coefficient (Wildman–Crippen LogP) is 3.17. The van der Waals surface area contributed by atoms with Gasteiger partial charge in [-0.2, -0.15) is 0 Å². The monoisotopic (exact) mass is 361 g/mol. The molecule has 3 rings (SSSR count). The van der Waals surface area contributed by atoms with Crippen molar-refractivity contribution in [1.29, 1.82) is 0 Å². The molecule has 0 spiro atoms. The summed E-state index contributed by atoms with van der Waals surface area (Å²) in [4.78, 5) is 12.6. The summed E-state index contributed by atoms with van der Waals surface area (Å²) in [7, 11) is 1.57. The molecule has 0 unspecified atom stereocenters. The van der Waals surface area contributed by atoms with Gasteiger partial charge in [-0.15, -0.1) is 0 Å². The fourth-order valence-electron chi connectivity index (χ4n) is 2.32. The highest BCUT2D eigenvalue weighted by Crippen LogP contribution is 2.32. The molecular formula is C16H12BrNO4. The van der Waals surface area contributed by atoms with Crippen LogP contribution < -0.4 is 10.3 Å². The summed E-state index contributed by atoms with van der Waals surface area (Å²) in [6, 6.07) is 9.56. The molecule has 0 bridgehead atoms. The van der Waals surface area contributed by atoms with Crippen LogP contribution in [0, 0.1) is 0 Å². The predicted molar refractivity (Wildman–Crippen MR) is 87.1 cm³/mol. The smallest absolute Gasteiger partial charge is 0.266 e. The Hall–Kier alpha value is -2.47. The molecule has 0 saturated heterocycles. The van der Waals surface area contributed by atoms with E-state index in [1.165, 1.54) is 10.6 Å². The van der Waals surface area contributed by atoms with E-state index in [4.69, 9.17) is 4.74 Å². The van der Waals surface area contributed by atoms with E-state index in [1.807, 2.05) is 0 Å². The van der Waals surface area contributed by atoms with E-state index in [-0.39, 0.29) is 22.4 Å².